The van der Waals surface area contributed by atoms with E-state index >= 15 is 0 Å². The second-order valence-corrected chi connectivity index (χ2v) is 8.52. The van der Waals surface area contributed by atoms with Crippen LogP contribution in [0.4, 0.5) is 11.4 Å². The van der Waals surface area contributed by atoms with Crippen molar-refractivity contribution >= 4 is 33.2 Å². The van der Waals surface area contributed by atoms with Crippen LogP contribution >= 0.6 is 0 Å². The third-order valence-electron chi connectivity index (χ3n) is 4.54. The maximum Gasteiger partial charge on any atom is 0.261 e. The summed E-state index contributed by atoms with van der Waals surface area (Å²) in [6.07, 6.45) is 0. The number of carbonyl (C=O) groups is 2. The van der Waals surface area contributed by atoms with Crippen molar-refractivity contribution in [3.8, 4) is 0 Å². The Morgan fingerprint density at radius 2 is 1.48 bits per heavy atom. The molecule has 0 unspecified atom stereocenters. The van der Waals surface area contributed by atoms with Gasteiger partial charge in [0.05, 0.1) is 4.90 Å². The SMILES string of the molecule is CCNC(=O)c1ccc(C)c(NC(=O)c2ccc(NS(=O)(=O)c3ccccc3)cc2)c1. The highest BCUT2D eigenvalue weighted by atomic mass is 32.2. The van der Waals surface area contributed by atoms with Crippen LogP contribution in [0.2, 0.25) is 0 Å². The standard InChI is InChI=1S/C23H23N3O4S/c1-3-24-22(27)18-10-9-16(2)21(15-18)25-23(28)17-11-13-19(14-12-17)26-31(29,30)20-7-5-4-6-8-20/h4-15,26H,3H2,1-2H3,(H,24,27)(H,25,28). The van der Waals surface area contributed by atoms with Gasteiger partial charge in [0.25, 0.3) is 21.8 Å². The second kappa shape index (κ2) is 9.44. The normalized spacial score (nSPS) is 10.9. The molecule has 0 spiro atoms. The molecule has 0 radical (unpaired) electrons. The molecule has 3 aromatic carbocycles. The lowest BCUT2D eigenvalue weighted by molar-refractivity contribution is 0.0954. The van der Waals surface area contributed by atoms with Gasteiger partial charge in [0.15, 0.2) is 0 Å². The van der Waals surface area contributed by atoms with E-state index in [2.05, 4.69) is 15.4 Å². The molecule has 0 aliphatic heterocycles. The first-order chi connectivity index (χ1) is 14.8. The predicted molar refractivity (Wildman–Crippen MR) is 121 cm³/mol. The second-order valence-electron chi connectivity index (χ2n) is 6.84. The van der Waals surface area contributed by atoms with Gasteiger partial charge in [0, 0.05) is 29.0 Å². The van der Waals surface area contributed by atoms with Crippen molar-refractivity contribution in [1.82, 2.24) is 5.32 Å². The van der Waals surface area contributed by atoms with Crippen LogP contribution in [0.1, 0.15) is 33.2 Å². The first-order valence-corrected chi connectivity index (χ1v) is 11.2. The van der Waals surface area contributed by atoms with E-state index in [9.17, 15) is 18.0 Å². The van der Waals surface area contributed by atoms with Crippen molar-refractivity contribution in [2.45, 2.75) is 18.7 Å². The summed E-state index contributed by atoms with van der Waals surface area (Å²) in [4.78, 5) is 24.8. The van der Waals surface area contributed by atoms with Crippen molar-refractivity contribution in [2.24, 2.45) is 0 Å². The third-order valence-corrected chi connectivity index (χ3v) is 5.94. The first-order valence-electron chi connectivity index (χ1n) is 9.68. The number of amides is 2. The molecule has 7 nitrogen and oxygen atoms in total. The van der Waals surface area contributed by atoms with E-state index in [0.29, 0.717) is 29.0 Å². The molecule has 3 aromatic rings. The van der Waals surface area contributed by atoms with Crippen LogP contribution in [-0.4, -0.2) is 26.8 Å². The zero-order valence-corrected chi connectivity index (χ0v) is 18.0. The van der Waals surface area contributed by atoms with Crippen molar-refractivity contribution in [2.75, 3.05) is 16.6 Å². The van der Waals surface area contributed by atoms with Gasteiger partial charge < -0.3 is 10.6 Å². The van der Waals surface area contributed by atoms with Crippen molar-refractivity contribution in [3.63, 3.8) is 0 Å². The number of nitrogens with one attached hydrogen (secondary N) is 3. The summed E-state index contributed by atoms with van der Waals surface area (Å²) in [6, 6.07) is 19.2. The minimum Gasteiger partial charge on any atom is -0.352 e. The van der Waals surface area contributed by atoms with Crippen molar-refractivity contribution in [3.05, 3.63) is 89.5 Å². The summed E-state index contributed by atoms with van der Waals surface area (Å²) < 4.78 is 27.3. The van der Waals surface area contributed by atoms with Crippen LogP contribution in [0.15, 0.2) is 77.7 Å². The number of anilines is 2. The molecule has 0 bridgehead atoms. The summed E-state index contributed by atoms with van der Waals surface area (Å²) in [7, 11) is -3.71. The zero-order chi connectivity index (χ0) is 22.4. The number of sulfonamides is 1. The Morgan fingerprint density at radius 1 is 0.839 bits per heavy atom. The minimum atomic E-state index is -3.71. The Bertz CT molecular complexity index is 1190. The van der Waals surface area contributed by atoms with Gasteiger partial charge in [-0.05, 0) is 67.9 Å². The number of hydrogen-bond acceptors (Lipinski definition) is 4. The van der Waals surface area contributed by atoms with Crippen molar-refractivity contribution < 1.29 is 18.0 Å². The van der Waals surface area contributed by atoms with Crippen LogP contribution in [0.3, 0.4) is 0 Å². The van der Waals surface area contributed by atoms with E-state index < -0.39 is 10.0 Å². The maximum atomic E-state index is 12.6. The van der Waals surface area contributed by atoms with Gasteiger partial charge in [-0.25, -0.2) is 8.42 Å². The molecular formula is C23H23N3O4S. The first kappa shape index (κ1) is 22.0. The van der Waals surface area contributed by atoms with Gasteiger partial charge in [-0.15, -0.1) is 0 Å². The van der Waals surface area contributed by atoms with Crippen LogP contribution < -0.4 is 15.4 Å². The average Bonchev–Trinajstić information content (AvgIpc) is 2.76. The maximum absolute atomic E-state index is 12.6. The Morgan fingerprint density at radius 3 is 2.13 bits per heavy atom. The smallest absolute Gasteiger partial charge is 0.261 e. The Balaban J connectivity index is 1.73. The van der Waals surface area contributed by atoms with Gasteiger partial charge in [-0.1, -0.05) is 24.3 Å². The fourth-order valence-electron chi connectivity index (χ4n) is 2.86. The fraction of sp³-hybridized carbons (Fsp3) is 0.130. The summed E-state index contributed by atoms with van der Waals surface area (Å²) in [6.45, 7) is 4.17. The summed E-state index contributed by atoms with van der Waals surface area (Å²) in [5.41, 5.74) is 2.49. The Kier molecular flexibility index (Phi) is 6.71. The monoisotopic (exact) mass is 437 g/mol. The molecule has 0 aliphatic carbocycles. The Labute approximate surface area is 181 Å². The van der Waals surface area contributed by atoms with Gasteiger partial charge in [-0.3, -0.25) is 14.3 Å². The molecule has 0 fully saturated rings. The van der Waals surface area contributed by atoms with Crippen LogP contribution in [-0.2, 0) is 10.0 Å². The minimum absolute atomic E-state index is 0.152. The van der Waals surface area contributed by atoms with Crippen LogP contribution in [0, 0.1) is 6.92 Å². The quantitative estimate of drug-likeness (QED) is 0.523. The lowest BCUT2D eigenvalue weighted by Crippen LogP contribution is -2.23. The molecule has 31 heavy (non-hydrogen) atoms. The molecular weight excluding hydrogens is 414 g/mol. The lowest BCUT2D eigenvalue weighted by Gasteiger charge is -2.12. The zero-order valence-electron chi connectivity index (χ0n) is 17.2. The number of aryl methyl sites for hydroxylation is 1. The number of benzene rings is 3. The van der Waals surface area contributed by atoms with Crippen LogP contribution in [0.25, 0.3) is 0 Å². The highest BCUT2D eigenvalue weighted by Gasteiger charge is 2.15. The Hall–Kier alpha value is -3.65. The molecule has 3 rings (SSSR count). The third kappa shape index (κ3) is 5.49. The van der Waals surface area contributed by atoms with Gasteiger partial charge >= 0.3 is 0 Å². The van der Waals surface area contributed by atoms with Crippen molar-refractivity contribution in [1.29, 1.82) is 0 Å². The summed E-state index contributed by atoms with van der Waals surface area (Å²) in [5, 5.41) is 5.52. The highest BCUT2D eigenvalue weighted by Crippen LogP contribution is 2.20. The average molecular weight is 438 g/mol. The topological polar surface area (TPSA) is 104 Å². The van der Waals surface area contributed by atoms with E-state index in [0.717, 1.165) is 5.56 Å². The molecule has 3 N–H and O–H groups in total. The fourth-order valence-corrected chi connectivity index (χ4v) is 3.94. The molecule has 0 saturated carbocycles. The van der Waals surface area contributed by atoms with E-state index in [4.69, 9.17) is 0 Å². The number of carbonyl (C=O) groups excluding carboxylic acids is 2. The van der Waals surface area contributed by atoms with Crippen LogP contribution in [0.5, 0.6) is 0 Å². The molecule has 2 amide bonds. The molecule has 0 atom stereocenters. The number of rotatable bonds is 7. The predicted octanol–water partition coefficient (Wildman–Crippen LogP) is 3.80. The lowest BCUT2D eigenvalue weighted by atomic mass is 10.1. The largest absolute Gasteiger partial charge is 0.352 e. The van der Waals surface area contributed by atoms with Gasteiger partial charge in [0.1, 0.15) is 0 Å². The van der Waals surface area contributed by atoms with E-state index in [-0.39, 0.29) is 16.7 Å². The molecule has 160 valence electrons. The van der Waals surface area contributed by atoms with E-state index in [1.807, 2.05) is 13.8 Å². The summed E-state index contributed by atoms with van der Waals surface area (Å²) >= 11 is 0. The molecule has 0 aliphatic rings. The molecule has 8 heteroatoms. The number of hydrogen-bond donors (Lipinski definition) is 3. The van der Waals surface area contributed by atoms with E-state index in [1.165, 1.54) is 36.4 Å². The molecule has 0 heterocycles. The highest BCUT2D eigenvalue weighted by molar-refractivity contribution is 7.92. The molecule has 0 saturated heterocycles. The van der Waals surface area contributed by atoms with Gasteiger partial charge in [-0.2, -0.15) is 0 Å². The molecule has 0 aromatic heterocycles. The van der Waals surface area contributed by atoms with Gasteiger partial charge in [0.2, 0.25) is 0 Å². The summed E-state index contributed by atoms with van der Waals surface area (Å²) in [5.74, 6) is -0.582. The van der Waals surface area contributed by atoms with E-state index in [1.54, 1.807) is 36.4 Å².